The van der Waals surface area contributed by atoms with Crippen molar-refractivity contribution >= 4 is 5.91 Å². The molecule has 0 bridgehead atoms. The summed E-state index contributed by atoms with van der Waals surface area (Å²) in [5, 5.41) is 16.3. The van der Waals surface area contributed by atoms with Gasteiger partial charge in [-0.05, 0) is 42.3 Å². The summed E-state index contributed by atoms with van der Waals surface area (Å²) in [7, 11) is 1.48. The molecule has 2 N–H and O–H groups in total. The summed E-state index contributed by atoms with van der Waals surface area (Å²) in [6, 6.07) is 10.4. The monoisotopic (exact) mass is 397 g/mol. The number of aromatic hydroxyl groups is 1. The summed E-state index contributed by atoms with van der Waals surface area (Å²) in [6.07, 6.45) is 0.790. The van der Waals surface area contributed by atoms with Crippen molar-refractivity contribution in [3.63, 3.8) is 0 Å². The van der Waals surface area contributed by atoms with Crippen molar-refractivity contribution < 1.29 is 28.6 Å². The first kappa shape index (κ1) is 18.6. The highest BCUT2D eigenvalue weighted by atomic mass is 16.7. The molecule has 0 fully saturated rings. The molecule has 0 saturated heterocycles. The maximum Gasteiger partial charge on any atom is 0.258 e. The van der Waals surface area contributed by atoms with Crippen LogP contribution in [0.25, 0.3) is 11.5 Å². The van der Waals surface area contributed by atoms with E-state index in [1.165, 1.54) is 7.11 Å². The van der Waals surface area contributed by atoms with Crippen LogP contribution in [0.2, 0.25) is 0 Å². The number of aryl methyl sites for hydroxylation is 1. The van der Waals surface area contributed by atoms with Crippen LogP contribution in [0.15, 0.2) is 40.9 Å². The molecule has 0 aliphatic carbocycles. The number of nitrogens with one attached hydrogen (secondary N) is 1. The van der Waals surface area contributed by atoms with Crippen LogP contribution in [0.3, 0.4) is 0 Å². The van der Waals surface area contributed by atoms with E-state index in [9.17, 15) is 9.90 Å². The fraction of sp³-hybridized carbons (Fsp3) is 0.250. The van der Waals surface area contributed by atoms with E-state index in [4.69, 9.17) is 18.7 Å². The van der Waals surface area contributed by atoms with Crippen LogP contribution in [0.5, 0.6) is 23.0 Å². The smallest absolute Gasteiger partial charge is 0.258 e. The molecule has 0 unspecified atom stereocenters. The molecule has 0 radical (unpaired) electrons. The van der Waals surface area contributed by atoms with Crippen LogP contribution >= 0.6 is 0 Å². The van der Waals surface area contributed by atoms with Crippen molar-refractivity contribution in [2.45, 2.75) is 19.4 Å². The summed E-state index contributed by atoms with van der Waals surface area (Å²) >= 11 is 0. The lowest BCUT2D eigenvalue weighted by Crippen LogP contribution is -2.23. The number of phenolic OH excluding ortho intramolecular Hbond substituents is 1. The van der Waals surface area contributed by atoms with Crippen LogP contribution in [0.1, 0.15) is 17.8 Å². The van der Waals surface area contributed by atoms with Crippen LogP contribution in [0.4, 0.5) is 0 Å². The summed E-state index contributed by atoms with van der Waals surface area (Å²) < 4.78 is 20.9. The van der Waals surface area contributed by atoms with Crippen LogP contribution in [-0.2, 0) is 17.8 Å². The lowest BCUT2D eigenvalue weighted by atomic mass is 10.1. The average molecular weight is 397 g/mol. The molecule has 1 aromatic heterocycles. The average Bonchev–Trinajstić information content (AvgIpc) is 3.40. The number of phenols is 1. The van der Waals surface area contributed by atoms with E-state index in [-0.39, 0.29) is 31.4 Å². The molecule has 9 nitrogen and oxygen atoms in total. The number of methoxy groups -OCH3 is 1. The van der Waals surface area contributed by atoms with E-state index in [0.29, 0.717) is 40.9 Å². The predicted octanol–water partition coefficient (Wildman–Crippen LogP) is 2.43. The van der Waals surface area contributed by atoms with Crippen molar-refractivity contribution in [3.05, 3.63) is 47.8 Å². The second-order valence-corrected chi connectivity index (χ2v) is 6.37. The molecule has 4 rings (SSSR count). The van der Waals surface area contributed by atoms with Crippen molar-refractivity contribution in [2.24, 2.45) is 0 Å². The quantitative estimate of drug-likeness (QED) is 0.624. The summed E-state index contributed by atoms with van der Waals surface area (Å²) in [5.74, 6) is 2.31. The van der Waals surface area contributed by atoms with Crippen LogP contribution in [-0.4, -0.2) is 35.1 Å². The molecular weight excluding hydrogens is 378 g/mol. The Kier molecular flexibility index (Phi) is 5.19. The van der Waals surface area contributed by atoms with E-state index in [2.05, 4.69) is 15.5 Å². The van der Waals surface area contributed by atoms with Crippen LogP contribution in [0, 0.1) is 0 Å². The first-order valence-electron chi connectivity index (χ1n) is 8.97. The van der Waals surface area contributed by atoms with Gasteiger partial charge in [0.05, 0.1) is 13.7 Å². The van der Waals surface area contributed by atoms with Crippen molar-refractivity contribution in [1.29, 1.82) is 0 Å². The fourth-order valence-corrected chi connectivity index (χ4v) is 2.87. The third-order valence-electron chi connectivity index (χ3n) is 4.42. The Morgan fingerprint density at radius 3 is 2.93 bits per heavy atom. The van der Waals surface area contributed by atoms with Crippen LogP contribution < -0.4 is 19.5 Å². The number of ether oxygens (including phenoxy) is 3. The summed E-state index contributed by atoms with van der Waals surface area (Å²) in [5.41, 5.74) is 1.60. The molecule has 9 heteroatoms. The maximum absolute atomic E-state index is 12.1. The fourth-order valence-electron chi connectivity index (χ4n) is 2.87. The van der Waals surface area contributed by atoms with E-state index < -0.39 is 0 Å². The molecule has 1 amide bonds. The first-order valence-corrected chi connectivity index (χ1v) is 8.97. The molecule has 2 heterocycles. The van der Waals surface area contributed by atoms with Gasteiger partial charge in [-0.2, -0.15) is 4.98 Å². The Morgan fingerprint density at radius 1 is 1.21 bits per heavy atom. The topological polar surface area (TPSA) is 116 Å². The van der Waals surface area contributed by atoms with Crippen molar-refractivity contribution in [3.8, 4) is 34.5 Å². The summed E-state index contributed by atoms with van der Waals surface area (Å²) in [6.45, 7) is 0.350. The molecule has 0 atom stereocenters. The number of fused-ring (bicyclic) bond motifs is 1. The molecule has 0 saturated carbocycles. The Balaban J connectivity index is 1.30. The van der Waals surface area contributed by atoms with Gasteiger partial charge in [0.15, 0.2) is 28.8 Å². The van der Waals surface area contributed by atoms with Gasteiger partial charge in [0.2, 0.25) is 12.7 Å². The summed E-state index contributed by atoms with van der Waals surface area (Å²) in [4.78, 5) is 16.4. The van der Waals surface area contributed by atoms with Gasteiger partial charge < -0.3 is 29.2 Å². The third-order valence-corrected chi connectivity index (χ3v) is 4.42. The van der Waals surface area contributed by atoms with Gasteiger partial charge in [-0.3, -0.25) is 4.79 Å². The zero-order valence-corrected chi connectivity index (χ0v) is 15.7. The minimum atomic E-state index is -0.147. The molecule has 3 aromatic rings. The molecule has 150 valence electrons. The van der Waals surface area contributed by atoms with Gasteiger partial charge in [0, 0.05) is 12.0 Å². The Hall–Kier alpha value is -3.75. The highest BCUT2D eigenvalue weighted by Crippen LogP contribution is 2.35. The number of carbonyl (C=O) groups is 1. The number of carbonyl (C=O) groups excluding carboxylic acids is 1. The number of benzene rings is 2. The number of rotatable bonds is 7. The van der Waals surface area contributed by atoms with Gasteiger partial charge in [-0.25, -0.2) is 0 Å². The molecule has 0 spiro atoms. The second kappa shape index (κ2) is 8.09. The number of nitrogens with zero attached hydrogens (tertiary/aromatic N) is 2. The van der Waals surface area contributed by atoms with Gasteiger partial charge in [-0.15, -0.1) is 0 Å². The molecular formula is C20H19N3O6. The van der Waals surface area contributed by atoms with Crippen molar-refractivity contribution in [1.82, 2.24) is 15.5 Å². The number of hydrogen-bond donors (Lipinski definition) is 2. The normalized spacial score (nSPS) is 12.0. The van der Waals surface area contributed by atoms with E-state index in [1.807, 2.05) is 0 Å². The predicted molar refractivity (Wildman–Crippen MR) is 101 cm³/mol. The second-order valence-electron chi connectivity index (χ2n) is 6.37. The van der Waals surface area contributed by atoms with Gasteiger partial charge in [0.25, 0.3) is 5.89 Å². The highest BCUT2D eigenvalue weighted by Gasteiger charge is 2.17. The molecule has 2 aromatic carbocycles. The molecule has 29 heavy (non-hydrogen) atoms. The van der Waals surface area contributed by atoms with E-state index in [0.717, 1.165) is 5.56 Å². The van der Waals surface area contributed by atoms with Gasteiger partial charge in [-0.1, -0.05) is 11.2 Å². The molecule has 1 aliphatic rings. The Labute approximate surface area is 166 Å². The Bertz CT molecular complexity index is 1030. The number of aromatic nitrogens is 2. The first-order chi connectivity index (χ1) is 14.1. The van der Waals surface area contributed by atoms with Crippen molar-refractivity contribution in [2.75, 3.05) is 13.9 Å². The lowest BCUT2D eigenvalue weighted by molar-refractivity contribution is -0.121. The number of amides is 1. The number of hydrogen-bond acceptors (Lipinski definition) is 8. The lowest BCUT2D eigenvalue weighted by Gasteiger charge is -2.07. The third kappa shape index (κ3) is 4.23. The Morgan fingerprint density at radius 2 is 2.07 bits per heavy atom. The SMILES string of the molecule is COc1cc(CCC(=O)NCc2noc(-c3ccc4c(c3)OCO4)n2)ccc1O. The van der Waals surface area contributed by atoms with E-state index in [1.54, 1.807) is 36.4 Å². The highest BCUT2D eigenvalue weighted by molar-refractivity contribution is 5.76. The minimum Gasteiger partial charge on any atom is -0.504 e. The molecule has 1 aliphatic heterocycles. The van der Waals surface area contributed by atoms with Gasteiger partial charge >= 0.3 is 0 Å². The standard InChI is InChI=1S/C20H19N3O6/c1-26-16-8-12(2-5-14(16)24)3-7-19(25)21-10-18-22-20(29-23-18)13-4-6-15-17(9-13)28-11-27-15/h2,4-6,8-9,24H,3,7,10-11H2,1H3,(H,21,25). The van der Waals surface area contributed by atoms with E-state index >= 15 is 0 Å². The largest absolute Gasteiger partial charge is 0.504 e. The zero-order valence-electron chi connectivity index (χ0n) is 15.7. The minimum absolute atomic E-state index is 0.0658. The van der Waals surface area contributed by atoms with Gasteiger partial charge in [0.1, 0.15) is 0 Å². The zero-order chi connectivity index (χ0) is 20.2. The maximum atomic E-state index is 12.1.